The van der Waals surface area contributed by atoms with Gasteiger partial charge in [-0.15, -0.1) is 0 Å². The molecule has 3 nitrogen and oxygen atoms in total. The van der Waals surface area contributed by atoms with E-state index in [4.69, 9.17) is 10.5 Å². The van der Waals surface area contributed by atoms with Crippen LogP contribution in [-0.2, 0) is 4.74 Å². The highest BCUT2D eigenvalue weighted by Gasteiger charge is 2.33. The Hall–Kier alpha value is -0.120. The first kappa shape index (κ1) is 8.97. The van der Waals surface area contributed by atoms with Crippen molar-refractivity contribution in [1.82, 2.24) is 4.90 Å². The fraction of sp³-hybridized carbons (Fsp3) is 1.00. The molecule has 0 bridgehead atoms. The van der Waals surface area contributed by atoms with Gasteiger partial charge in [-0.05, 0) is 20.5 Å². The quantitative estimate of drug-likeness (QED) is 0.624. The van der Waals surface area contributed by atoms with Crippen LogP contribution in [0.4, 0.5) is 0 Å². The Morgan fingerprint density at radius 3 is 2.64 bits per heavy atom. The summed E-state index contributed by atoms with van der Waals surface area (Å²) >= 11 is 0. The molecule has 11 heavy (non-hydrogen) atoms. The Morgan fingerprint density at radius 1 is 1.55 bits per heavy atom. The molecule has 0 aromatic heterocycles. The largest absolute Gasteiger partial charge is 0.381 e. The molecule has 1 unspecified atom stereocenters. The molecule has 0 amide bonds. The van der Waals surface area contributed by atoms with Crippen molar-refractivity contribution < 1.29 is 4.74 Å². The first-order chi connectivity index (χ1) is 5.18. The molecule has 3 heteroatoms. The minimum absolute atomic E-state index is 0.240. The summed E-state index contributed by atoms with van der Waals surface area (Å²) in [5, 5.41) is 0. The second-order valence-electron chi connectivity index (χ2n) is 3.74. The van der Waals surface area contributed by atoms with Crippen molar-refractivity contribution in [2.24, 2.45) is 11.1 Å². The molecule has 1 fully saturated rings. The summed E-state index contributed by atoms with van der Waals surface area (Å²) in [4.78, 5) is 2.18. The molecular weight excluding hydrogens is 140 g/mol. The fourth-order valence-corrected chi connectivity index (χ4v) is 1.67. The number of nitrogens with two attached hydrogens (primary N) is 1. The fourth-order valence-electron chi connectivity index (χ4n) is 1.67. The smallest absolute Gasteiger partial charge is 0.0547 e. The lowest BCUT2D eigenvalue weighted by Crippen LogP contribution is -2.40. The first-order valence-corrected chi connectivity index (χ1v) is 4.11. The Kier molecular flexibility index (Phi) is 2.87. The molecule has 0 saturated carbocycles. The molecule has 1 atom stereocenters. The van der Waals surface area contributed by atoms with Crippen LogP contribution in [0.25, 0.3) is 0 Å². The van der Waals surface area contributed by atoms with E-state index in [1.165, 1.54) is 0 Å². The molecule has 1 saturated heterocycles. The van der Waals surface area contributed by atoms with Crippen molar-refractivity contribution in [3.05, 3.63) is 0 Å². The number of ether oxygens (including phenoxy) is 1. The van der Waals surface area contributed by atoms with Gasteiger partial charge in [0.05, 0.1) is 6.61 Å². The van der Waals surface area contributed by atoms with E-state index in [-0.39, 0.29) is 5.41 Å². The zero-order valence-electron chi connectivity index (χ0n) is 7.47. The van der Waals surface area contributed by atoms with E-state index in [0.29, 0.717) is 0 Å². The maximum atomic E-state index is 5.71. The van der Waals surface area contributed by atoms with Gasteiger partial charge in [-0.1, -0.05) is 0 Å². The monoisotopic (exact) mass is 158 g/mol. The third-order valence-electron chi connectivity index (χ3n) is 2.27. The van der Waals surface area contributed by atoms with Gasteiger partial charge >= 0.3 is 0 Å². The Labute approximate surface area is 68.5 Å². The summed E-state index contributed by atoms with van der Waals surface area (Å²) in [6.07, 6.45) is 1.11. The van der Waals surface area contributed by atoms with E-state index in [0.717, 1.165) is 32.7 Å². The summed E-state index contributed by atoms with van der Waals surface area (Å²) in [5.41, 5.74) is 5.95. The van der Waals surface area contributed by atoms with E-state index in [9.17, 15) is 0 Å². The second kappa shape index (κ2) is 3.52. The molecule has 0 spiro atoms. The standard InChI is InChI=1S/C8H18N2O/c1-10(2)6-8(5-9)3-4-11-7-8/h3-7,9H2,1-2H3. The van der Waals surface area contributed by atoms with Gasteiger partial charge in [-0.25, -0.2) is 0 Å². The Morgan fingerprint density at radius 2 is 2.27 bits per heavy atom. The number of nitrogens with zero attached hydrogens (tertiary/aromatic N) is 1. The van der Waals surface area contributed by atoms with Gasteiger partial charge in [0.15, 0.2) is 0 Å². The summed E-state index contributed by atoms with van der Waals surface area (Å²) in [7, 11) is 4.16. The lowest BCUT2D eigenvalue weighted by atomic mass is 9.87. The summed E-state index contributed by atoms with van der Waals surface area (Å²) in [5.74, 6) is 0. The molecule has 2 N–H and O–H groups in total. The second-order valence-corrected chi connectivity index (χ2v) is 3.74. The van der Waals surface area contributed by atoms with E-state index >= 15 is 0 Å². The third kappa shape index (κ3) is 2.15. The zero-order valence-corrected chi connectivity index (χ0v) is 7.47. The van der Waals surface area contributed by atoms with Crippen molar-refractivity contribution in [3.8, 4) is 0 Å². The molecule has 1 aliphatic rings. The van der Waals surface area contributed by atoms with Gasteiger partial charge in [-0.3, -0.25) is 0 Å². The van der Waals surface area contributed by atoms with Gasteiger partial charge in [0.1, 0.15) is 0 Å². The first-order valence-electron chi connectivity index (χ1n) is 4.11. The average Bonchev–Trinajstić information content (AvgIpc) is 2.36. The highest BCUT2D eigenvalue weighted by Crippen LogP contribution is 2.27. The minimum atomic E-state index is 0.240. The highest BCUT2D eigenvalue weighted by molar-refractivity contribution is 4.85. The van der Waals surface area contributed by atoms with Crippen molar-refractivity contribution in [1.29, 1.82) is 0 Å². The Bertz CT molecular complexity index is 119. The van der Waals surface area contributed by atoms with Crippen molar-refractivity contribution in [2.75, 3.05) is 40.4 Å². The van der Waals surface area contributed by atoms with Gasteiger partial charge < -0.3 is 15.4 Å². The molecule has 0 radical (unpaired) electrons. The molecule has 66 valence electrons. The predicted octanol–water partition coefficient (Wildman–Crippen LogP) is -0.0866. The minimum Gasteiger partial charge on any atom is -0.381 e. The van der Waals surface area contributed by atoms with Gasteiger partial charge in [0.25, 0.3) is 0 Å². The van der Waals surface area contributed by atoms with Crippen LogP contribution in [-0.4, -0.2) is 45.3 Å². The number of hydrogen-bond donors (Lipinski definition) is 1. The molecule has 1 heterocycles. The van der Waals surface area contributed by atoms with Gasteiger partial charge in [-0.2, -0.15) is 0 Å². The van der Waals surface area contributed by atoms with Crippen LogP contribution in [0.2, 0.25) is 0 Å². The normalized spacial score (nSPS) is 31.6. The Balaban J connectivity index is 2.45. The van der Waals surface area contributed by atoms with Crippen molar-refractivity contribution in [2.45, 2.75) is 6.42 Å². The molecule has 1 aliphatic heterocycles. The maximum absolute atomic E-state index is 5.71. The van der Waals surface area contributed by atoms with Crippen LogP contribution >= 0.6 is 0 Å². The van der Waals surface area contributed by atoms with E-state index in [1.54, 1.807) is 0 Å². The van der Waals surface area contributed by atoms with Crippen LogP contribution < -0.4 is 5.73 Å². The van der Waals surface area contributed by atoms with E-state index in [2.05, 4.69) is 19.0 Å². The van der Waals surface area contributed by atoms with Gasteiger partial charge in [0.2, 0.25) is 0 Å². The van der Waals surface area contributed by atoms with Crippen LogP contribution in [0.1, 0.15) is 6.42 Å². The summed E-state index contributed by atoms with van der Waals surface area (Å²) in [6.45, 7) is 3.50. The number of rotatable bonds is 3. The van der Waals surface area contributed by atoms with E-state index in [1.807, 2.05) is 0 Å². The molecule has 0 aromatic rings. The lowest BCUT2D eigenvalue weighted by Gasteiger charge is -2.28. The van der Waals surface area contributed by atoms with Crippen LogP contribution in [0.5, 0.6) is 0 Å². The topological polar surface area (TPSA) is 38.5 Å². The lowest BCUT2D eigenvalue weighted by molar-refractivity contribution is 0.133. The molecule has 0 aromatic carbocycles. The van der Waals surface area contributed by atoms with Gasteiger partial charge in [0, 0.05) is 25.1 Å². The summed E-state index contributed by atoms with van der Waals surface area (Å²) < 4.78 is 5.35. The van der Waals surface area contributed by atoms with E-state index < -0.39 is 0 Å². The number of hydrogen-bond acceptors (Lipinski definition) is 3. The third-order valence-corrected chi connectivity index (χ3v) is 2.27. The highest BCUT2D eigenvalue weighted by atomic mass is 16.5. The maximum Gasteiger partial charge on any atom is 0.0547 e. The predicted molar refractivity (Wildman–Crippen MR) is 45.5 cm³/mol. The molecule has 1 rings (SSSR count). The molecule has 0 aliphatic carbocycles. The average molecular weight is 158 g/mol. The summed E-state index contributed by atoms with van der Waals surface area (Å²) in [6, 6.07) is 0. The zero-order chi connectivity index (χ0) is 8.32. The van der Waals surface area contributed by atoms with Crippen LogP contribution in [0, 0.1) is 5.41 Å². The van der Waals surface area contributed by atoms with Crippen molar-refractivity contribution >= 4 is 0 Å². The SMILES string of the molecule is CN(C)CC1(CN)CCOC1. The molecular formula is C8H18N2O. The van der Waals surface area contributed by atoms with Crippen LogP contribution in [0.15, 0.2) is 0 Å². The van der Waals surface area contributed by atoms with Crippen LogP contribution in [0.3, 0.4) is 0 Å². The van der Waals surface area contributed by atoms with Crippen molar-refractivity contribution in [3.63, 3.8) is 0 Å².